The van der Waals surface area contributed by atoms with Gasteiger partial charge in [-0.1, -0.05) is 6.07 Å². The maximum Gasteiger partial charge on any atom is 0.280 e. The number of hydrogen-bond donors (Lipinski definition) is 4. The third kappa shape index (κ3) is 3.91. The van der Waals surface area contributed by atoms with Crippen molar-refractivity contribution in [3.8, 4) is 17.2 Å². The highest BCUT2D eigenvalue weighted by Crippen LogP contribution is 2.24. The molecule has 1 aromatic heterocycles. The van der Waals surface area contributed by atoms with Gasteiger partial charge in [-0.25, -0.2) is 10.1 Å². The lowest BCUT2D eigenvalue weighted by molar-refractivity contribution is 0.0954. The Hall–Kier alpha value is -3.81. The molecule has 0 aliphatic rings. The quantitative estimate of drug-likeness (QED) is 0.309. The van der Waals surface area contributed by atoms with E-state index in [1.165, 1.54) is 16.8 Å². The first-order valence-corrected chi connectivity index (χ1v) is 8.95. The zero-order valence-corrected chi connectivity index (χ0v) is 16.6. The number of carbonyl (C=O) groups excluding carboxylic acids is 1. The van der Waals surface area contributed by atoms with Crippen LogP contribution in [0, 0.1) is 20.8 Å². The van der Waals surface area contributed by atoms with Gasteiger partial charge in [0.15, 0.2) is 11.5 Å². The molecule has 29 heavy (non-hydrogen) atoms. The highest BCUT2D eigenvalue weighted by Gasteiger charge is 2.16. The van der Waals surface area contributed by atoms with Crippen LogP contribution in [0.5, 0.6) is 11.5 Å². The van der Waals surface area contributed by atoms with E-state index in [-0.39, 0.29) is 16.9 Å². The summed E-state index contributed by atoms with van der Waals surface area (Å²) < 4.78 is 1.44. The fourth-order valence-electron chi connectivity index (χ4n) is 2.94. The molecule has 8 heteroatoms. The van der Waals surface area contributed by atoms with Gasteiger partial charge >= 0.3 is 0 Å². The van der Waals surface area contributed by atoms with E-state index in [1.54, 1.807) is 13.8 Å². The molecule has 0 aliphatic heterocycles. The molecular formula is C21H22N4O4. The topological polar surface area (TPSA) is 120 Å². The normalized spacial score (nSPS) is 11.5. The number of H-pyrrole nitrogens is 1. The number of hydrogen-bond acceptors (Lipinski definition) is 5. The number of carbonyl (C=O) groups is 1. The molecule has 3 aromatic rings. The third-order valence-electron chi connectivity index (χ3n) is 4.74. The first-order valence-electron chi connectivity index (χ1n) is 8.95. The van der Waals surface area contributed by atoms with Crippen molar-refractivity contribution in [3.05, 3.63) is 74.7 Å². The van der Waals surface area contributed by atoms with Gasteiger partial charge in [0.2, 0.25) is 0 Å². The minimum Gasteiger partial charge on any atom is -0.504 e. The summed E-state index contributed by atoms with van der Waals surface area (Å²) in [6.45, 7) is 7.36. The van der Waals surface area contributed by atoms with Gasteiger partial charge in [0, 0.05) is 11.3 Å². The molecule has 0 unspecified atom stereocenters. The Morgan fingerprint density at radius 1 is 1.03 bits per heavy atom. The van der Waals surface area contributed by atoms with E-state index in [4.69, 9.17) is 0 Å². The fraction of sp³-hybridized carbons (Fsp3) is 0.190. The predicted molar refractivity (Wildman–Crippen MR) is 110 cm³/mol. The van der Waals surface area contributed by atoms with Crippen LogP contribution in [0.2, 0.25) is 0 Å². The molecule has 0 spiro atoms. The Balaban J connectivity index is 1.89. The Bertz CT molecular complexity index is 1190. The molecule has 0 saturated carbocycles. The SMILES string of the molecule is C/C(=N\NC(=O)c1ccc(O)c(O)c1)c1c(C)[nH]n(-c2ccc(C)c(C)c2)c1=O. The van der Waals surface area contributed by atoms with Crippen molar-refractivity contribution in [2.45, 2.75) is 27.7 Å². The monoisotopic (exact) mass is 394 g/mol. The van der Waals surface area contributed by atoms with Gasteiger partial charge in [-0.05, 0) is 69.2 Å². The second kappa shape index (κ2) is 7.67. The number of aromatic nitrogens is 2. The molecule has 0 atom stereocenters. The lowest BCUT2D eigenvalue weighted by atomic mass is 10.1. The summed E-state index contributed by atoms with van der Waals surface area (Å²) in [6, 6.07) is 9.41. The van der Waals surface area contributed by atoms with Gasteiger partial charge in [-0.2, -0.15) is 5.10 Å². The van der Waals surface area contributed by atoms with Crippen LogP contribution in [0.4, 0.5) is 0 Å². The van der Waals surface area contributed by atoms with Crippen molar-refractivity contribution in [2.24, 2.45) is 5.10 Å². The second-order valence-corrected chi connectivity index (χ2v) is 6.86. The summed E-state index contributed by atoms with van der Waals surface area (Å²) in [5, 5.41) is 25.9. The van der Waals surface area contributed by atoms with Crippen LogP contribution in [0.15, 0.2) is 46.3 Å². The van der Waals surface area contributed by atoms with Crippen LogP contribution >= 0.6 is 0 Å². The molecule has 3 rings (SSSR count). The molecule has 0 radical (unpaired) electrons. The number of aromatic hydroxyl groups is 2. The Morgan fingerprint density at radius 3 is 2.41 bits per heavy atom. The van der Waals surface area contributed by atoms with Gasteiger partial charge in [-0.15, -0.1) is 0 Å². The molecule has 0 saturated heterocycles. The molecule has 4 N–H and O–H groups in total. The number of rotatable bonds is 4. The van der Waals surface area contributed by atoms with Crippen molar-refractivity contribution in [3.63, 3.8) is 0 Å². The van der Waals surface area contributed by atoms with Crippen LogP contribution in [0.1, 0.15) is 39.7 Å². The molecule has 8 nitrogen and oxygen atoms in total. The molecule has 0 bridgehead atoms. The molecule has 2 aromatic carbocycles. The van der Waals surface area contributed by atoms with E-state index in [0.29, 0.717) is 22.7 Å². The van der Waals surface area contributed by atoms with Crippen molar-refractivity contribution in [1.82, 2.24) is 15.2 Å². The highest BCUT2D eigenvalue weighted by atomic mass is 16.3. The van der Waals surface area contributed by atoms with Gasteiger partial charge in [0.1, 0.15) is 0 Å². The van der Waals surface area contributed by atoms with Crippen LogP contribution < -0.4 is 11.0 Å². The lowest BCUT2D eigenvalue weighted by Gasteiger charge is -2.05. The van der Waals surface area contributed by atoms with Gasteiger partial charge in [-0.3, -0.25) is 14.7 Å². The number of nitrogens with one attached hydrogen (secondary N) is 2. The molecule has 150 valence electrons. The predicted octanol–water partition coefficient (Wildman–Crippen LogP) is 2.66. The molecule has 0 fully saturated rings. The maximum atomic E-state index is 12.9. The number of aromatic amines is 1. The Morgan fingerprint density at radius 2 is 1.76 bits per heavy atom. The number of hydrazone groups is 1. The van der Waals surface area contributed by atoms with E-state index in [0.717, 1.165) is 17.2 Å². The van der Waals surface area contributed by atoms with Crippen LogP contribution in [0.25, 0.3) is 5.69 Å². The van der Waals surface area contributed by atoms with Gasteiger partial charge in [0.25, 0.3) is 11.5 Å². The summed E-state index contributed by atoms with van der Waals surface area (Å²) >= 11 is 0. The van der Waals surface area contributed by atoms with Crippen molar-refractivity contribution in [2.75, 3.05) is 0 Å². The summed E-state index contributed by atoms with van der Waals surface area (Å²) in [6.07, 6.45) is 0. The van der Waals surface area contributed by atoms with Crippen LogP contribution in [0.3, 0.4) is 0 Å². The summed E-state index contributed by atoms with van der Waals surface area (Å²) in [4.78, 5) is 25.1. The highest BCUT2D eigenvalue weighted by molar-refractivity contribution is 6.01. The van der Waals surface area contributed by atoms with E-state index >= 15 is 0 Å². The van der Waals surface area contributed by atoms with E-state index < -0.39 is 11.7 Å². The first kappa shape index (κ1) is 19.9. The zero-order valence-electron chi connectivity index (χ0n) is 16.6. The standard InChI is InChI=1S/C21H22N4O4/c1-11-5-7-16(9-12(11)2)25-21(29)19(14(4)24-25)13(3)22-23-20(28)15-6-8-17(26)18(27)10-15/h5-10,24,26-27H,1-4H3,(H,23,28)/b22-13+. The minimum atomic E-state index is -0.581. The fourth-order valence-corrected chi connectivity index (χ4v) is 2.94. The van der Waals surface area contributed by atoms with Crippen molar-refractivity contribution < 1.29 is 15.0 Å². The Labute approximate surface area is 167 Å². The van der Waals surface area contributed by atoms with Crippen molar-refractivity contribution in [1.29, 1.82) is 0 Å². The average molecular weight is 394 g/mol. The van der Waals surface area contributed by atoms with Crippen molar-refractivity contribution >= 4 is 11.6 Å². The third-order valence-corrected chi connectivity index (χ3v) is 4.74. The molecular weight excluding hydrogens is 372 g/mol. The Kier molecular flexibility index (Phi) is 5.27. The van der Waals surface area contributed by atoms with E-state index in [1.807, 2.05) is 32.0 Å². The lowest BCUT2D eigenvalue weighted by Crippen LogP contribution is -2.23. The molecule has 1 heterocycles. The smallest absolute Gasteiger partial charge is 0.280 e. The number of benzene rings is 2. The average Bonchev–Trinajstić information content (AvgIpc) is 2.98. The number of aryl methyl sites for hydroxylation is 3. The van der Waals surface area contributed by atoms with E-state index in [9.17, 15) is 19.8 Å². The molecule has 0 aliphatic carbocycles. The van der Waals surface area contributed by atoms with E-state index in [2.05, 4.69) is 15.6 Å². The van der Waals surface area contributed by atoms with Gasteiger partial charge < -0.3 is 10.2 Å². The number of phenolic OH excluding ortho intramolecular Hbond substituents is 2. The maximum absolute atomic E-state index is 12.9. The molecule has 1 amide bonds. The summed E-state index contributed by atoms with van der Waals surface area (Å²) in [5.41, 5.74) is 6.43. The number of phenols is 2. The number of amides is 1. The second-order valence-electron chi connectivity index (χ2n) is 6.86. The summed E-state index contributed by atoms with van der Waals surface area (Å²) in [7, 11) is 0. The van der Waals surface area contributed by atoms with Gasteiger partial charge in [0.05, 0.1) is 17.0 Å². The first-order chi connectivity index (χ1) is 13.7. The summed E-state index contributed by atoms with van der Waals surface area (Å²) in [5.74, 6) is -1.31. The number of nitrogens with zero attached hydrogens (tertiary/aromatic N) is 2. The van der Waals surface area contributed by atoms with Crippen LogP contribution in [-0.2, 0) is 0 Å². The minimum absolute atomic E-state index is 0.121. The zero-order chi connectivity index (χ0) is 21.3. The largest absolute Gasteiger partial charge is 0.504 e. The van der Waals surface area contributed by atoms with Crippen LogP contribution in [-0.4, -0.2) is 31.6 Å².